The van der Waals surface area contributed by atoms with Gasteiger partial charge in [-0.3, -0.25) is 4.79 Å². The molecule has 6 heteroatoms. The zero-order valence-corrected chi connectivity index (χ0v) is 21.0. The Morgan fingerprint density at radius 1 is 1.19 bits per heavy atom. The van der Waals surface area contributed by atoms with Crippen molar-refractivity contribution in [1.29, 1.82) is 0 Å². The summed E-state index contributed by atoms with van der Waals surface area (Å²) < 4.78 is 10.5. The van der Waals surface area contributed by atoms with Crippen molar-refractivity contribution in [2.24, 2.45) is 11.8 Å². The summed E-state index contributed by atoms with van der Waals surface area (Å²) in [6.45, 7) is 4.91. The molecule has 1 aromatic heterocycles. The third-order valence-electron chi connectivity index (χ3n) is 7.01. The number of methoxy groups -OCH3 is 2. The molecule has 1 atom stereocenters. The molecule has 5 nitrogen and oxygen atoms in total. The molecule has 1 heterocycles. The molecule has 178 valence electrons. The minimum absolute atomic E-state index is 0.0359. The van der Waals surface area contributed by atoms with Crippen LogP contribution in [0.15, 0.2) is 12.1 Å². The lowest BCUT2D eigenvalue weighted by Crippen LogP contribution is -2.39. The number of rotatable bonds is 9. The van der Waals surface area contributed by atoms with Gasteiger partial charge in [-0.05, 0) is 88.7 Å². The monoisotopic (exact) mass is 461 g/mol. The number of carbonyl (C=O) groups excluding carboxylic acids is 2. The van der Waals surface area contributed by atoms with Crippen LogP contribution in [0.5, 0.6) is 0 Å². The molecule has 1 aromatic rings. The van der Waals surface area contributed by atoms with Crippen molar-refractivity contribution in [3.63, 3.8) is 0 Å². The average Bonchev–Trinajstić information content (AvgIpc) is 3.27. The van der Waals surface area contributed by atoms with Crippen LogP contribution in [-0.4, -0.2) is 38.7 Å². The van der Waals surface area contributed by atoms with E-state index in [1.807, 2.05) is 11.8 Å². The first-order chi connectivity index (χ1) is 15.4. The van der Waals surface area contributed by atoms with Crippen LogP contribution in [-0.2, 0) is 14.3 Å². The SMILES string of the molecule is COC(=O)c1sc(C2=CCCCC2)cc1N(CCCC(C)OC)C(=O)C1CCC(C)CC1. The van der Waals surface area contributed by atoms with Crippen molar-refractivity contribution in [2.75, 3.05) is 25.7 Å². The van der Waals surface area contributed by atoms with Gasteiger partial charge < -0.3 is 14.4 Å². The van der Waals surface area contributed by atoms with Crippen molar-refractivity contribution in [1.82, 2.24) is 0 Å². The summed E-state index contributed by atoms with van der Waals surface area (Å²) in [7, 11) is 3.13. The van der Waals surface area contributed by atoms with E-state index in [2.05, 4.69) is 19.1 Å². The Labute approximate surface area is 197 Å². The summed E-state index contributed by atoms with van der Waals surface area (Å²) in [4.78, 5) is 30.0. The summed E-state index contributed by atoms with van der Waals surface area (Å²) >= 11 is 1.47. The lowest BCUT2D eigenvalue weighted by Gasteiger charge is -2.31. The molecule has 1 unspecified atom stereocenters. The molecule has 3 rings (SSSR count). The standard InChI is InChI=1S/C26H39NO4S/c1-18-12-14-21(15-13-18)25(28)27(16-8-9-19(2)30-3)22-17-23(20-10-6-5-7-11-20)32-24(22)26(29)31-4/h10,17-19,21H,5-9,11-16H2,1-4H3. The molecule has 1 saturated carbocycles. The predicted octanol–water partition coefficient (Wildman–Crippen LogP) is 6.47. The molecule has 0 aliphatic heterocycles. The van der Waals surface area contributed by atoms with E-state index < -0.39 is 0 Å². The maximum atomic E-state index is 13.7. The molecule has 2 aliphatic carbocycles. The third kappa shape index (κ3) is 6.22. The van der Waals surface area contributed by atoms with Crippen LogP contribution in [0.2, 0.25) is 0 Å². The lowest BCUT2D eigenvalue weighted by atomic mass is 9.82. The average molecular weight is 462 g/mol. The molecule has 1 amide bonds. The van der Waals surface area contributed by atoms with Crippen LogP contribution in [0.25, 0.3) is 5.57 Å². The number of nitrogens with zero attached hydrogens (tertiary/aromatic N) is 1. The van der Waals surface area contributed by atoms with Gasteiger partial charge in [0.25, 0.3) is 0 Å². The van der Waals surface area contributed by atoms with Crippen molar-refractivity contribution in [2.45, 2.75) is 84.2 Å². The van der Waals surface area contributed by atoms with Gasteiger partial charge in [-0.1, -0.05) is 13.0 Å². The lowest BCUT2D eigenvalue weighted by molar-refractivity contribution is -0.123. The van der Waals surface area contributed by atoms with Crippen LogP contribution in [0.4, 0.5) is 5.69 Å². The summed E-state index contributed by atoms with van der Waals surface area (Å²) in [5, 5.41) is 0. The van der Waals surface area contributed by atoms with Gasteiger partial charge in [-0.2, -0.15) is 0 Å². The van der Waals surface area contributed by atoms with E-state index in [0.717, 1.165) is 61.9 Å². The Balaban J connectivity index is 1.92. The molecular weight excluding hydrogens is 422 g/mol. The Hall–Kier alpha value is -1.66. The zero-order valence-electron chi connectivity index (χ0n) is 20.2. The maximum Gasteiger partial charge on any atom is 0.350 e. The number of hydrogen-bond acceptors (Lipinski definition) is 5. The fourth-order valence-electron chi connectivity index (χ4n) is 4.77. The highest BCUT2D eigenvalue weighted by atomic mass is 32.1. The van der Waals surface area contributed by atoms with Crippen LogP contribution < -0.4 is 4.90 Å². The smallest absolute Gasteiger partial charge is 0.350 e. The fourth-order valence-corrected chi connectivity index (χ4v) is 5.92. The molecular formula is C26H39NO4S. The van der Waals surface area contributed by atoms with E-state index in [0.29, 0.717) is 17.3 Å². The van der Waals surface area contributed by atoms with E-state index in [1.165, 1.54) is 36.9 Å². The minimum Gasteiger partial charge on any atom is -0.465 e. The van der Waals surface area contributed by atoms with E-state index in [9.17, 15) is 9.59 Å². The third-order valence-corrected chi connectivity index (χ3v) is 8.19. The second-order valence-electron chi connectivity index (χ2n) is 9.43. The molecule has 0 spiro atoms. The van der Waals surface area contributed by atoms with E-state index >= 15 is 0 Å². The van der Waals surface area contributed by atoms with Crippen molar-refractivity contribution in [3.8, 4) is 0 Å². The quantitative estimate of drug-likeness (QED) is 0.396. The first-order valence-corrected chi connectivity index (χ1v) is 13.0. The van der Waals surface area contributed by atoms with Crippen LogP contribution in [0.3, 0.4) is 0 Å². The number of carbonyl (C=O) groups is 2. The number of hydrogen-bond donors (Lipinski definition) is 0. The Morgan fingerprint density at radius 3 is 2.56 bits per heavy atom. The highest BCUT2D eigenvalue weighted by molar-refractivity contribution is 7.15. The van der Waals surface area contributed by atoms with Crippen molar-refractivity contribution >= 4 is 34.5 Å². The molecule has 32 heavy (non-hydrogen) atoms. The summed E-state index contributed by atoms with van der Waals surface area (Å²) in [6.07, 6.45) is 12.7. The van der Waals surface area contributed by atoms with Crippen molar-refractivity contribution < 1.29 is 19.1 Å². The molecule has 1 fully saturated rings. The Morgan fingerprint density at radius 2 is 1.94 bits per heavy atom. The predicted molar refractivity (Wildman–Crippen MR) is 131 cm³/mol. The van der Waals surface area contributed by atoms with Crippen LogP contribution >= 0.6 is 11.3 Å². The van der Waals surface area contributed by atoms with Gasteiger partial charge in [0.05, 0.1) is 18.9 Å². The summed E-state index contributed by atoms with van der Waals surface area (Å²) in [5.41, 5.74) is 2.03. The molecule has 0 N–H and O–H groups in total. The first-order valence-electron chi connectivity index (χ1n) is 12.2. The maximum absolute atomic E-state index is 13.7. The molecule has 0 bridgehead atoms. The molecule has 0 aromatic carbocycles. The van der Waals surface area contributed by atoms with Gasteiger partial charge in [0.15, 0.2) is 0 Å². The number of esters is 1. The number of amides is 1. The number of ether oxygens (including phenoxy) is 2. The van der Waals surface area contributed by atoms with Crippen LogP contribution in [0.1, 0.15) is 92.6 Å². The highest BCUT2D eigenvalue weighted by Crippen LogP contribution is 2.40. The number of anilines is 1. The number of thiophene rings is 1. The normalized spacial score (nSPS) is 22.2. The topological polar surface area (TPSA) is 55.8 Å². The Kier molecular flexibility index (Phi) is 9.35. The molecule has 2 aliphatic rings. The van der Waals surface area contributed by atoms with Gasteiger partial charge in [0.1, 0.15) is 4.88 Å². The largest absolute Gasteiger partial charge is 0.465 e. The summed E-state index contributed by atoms with van der Waals surface area (Å²) in [5.74, 6) is 0.530. The van der Waals surface area contributed by atoms with Gasteiger partial charge in [-0.15, -0.1) is 11.3 Å². The van der Waals surface area contributed by atoms with Crippen LogP contribution in [0, 0.1) is 11.8 Å². The summed E-state index contributed by atoms with van der Waals surface area (Å²) in [6, 6.07) is 2.07. The van der Waals surface area contributed by atoms with Crippen molar-refractivity contribution in [3.05, 3.63) is 21.9 Å². The first kappa shape index (κ1) is 25.0. The Bertz CT molecular complexity index is 807. The van der Waals surface area contributed by atoms with Gasteiger partial charge in [-0.25, -0.2) is 4.79 Å². The molecule has 0 radical (unpaired) electrons. The van der Waals surface area contributed by atoms with E-state index in [1.54, 1.807) is 7.11 Å². The van der Waals surface area contributed by atoms with E-state index in [-0.39, 0.29) is 23.9 Å². The zero-order chi connectivity index (χ0) is 23.1. The van der Waals surface area contributed by atoms with Gasteiger partial charge in [0.2, 0.25) is 5.91 Å². The number of allylic oxidation sites excluding steroid dienone is 2. The van der Waals surface area contributed by atoms with E-state index in [4.69, 9.17) is 9.47 Å². The second-order valence-corrected chi connectivity index (χ2v) is 10.5. The highest BCUT2D eigenvalue weighted by Gasteiger charge is 2.32. The van der Waals surface area contributed by atoms with Gasteiger partial charge in [0, 0.05) is 24.4 Å². The fraction of sp³-hybridized carbons (Fsp3) is 0.692. The second kappa shape index (κ2) is 12.0. The van der Waals surface area contributed by atoms with Gasteiger partial charge >= 0.3 is 5.97 Å². The minimum atomic E-state index is -0.354. The molecule has 0 saturated heterocycles.